The van der Waals surface area contributed by atoms with Crippen molar-refractivity contribution in [3.63, 3.8) is 0 Å². The number of phenols is 1. The second-order valence-corrected chi connectivity index (χ2v) is 10.2. The van der Waals surface area contributed by atoms with E-state index in [2.05, 4.69) is 10.9 Å². The number of ketones is 4. The van der Waals surface area contributed by atoms with E-state index in [1.165, 1.54) is 25.1 Å². The van der Waals surface area contributed by atoms with Crippen molar-refractivity contribution < 1.29 is 39.0 Å². The summed E-state index contributed by atoms with van der Waals surface area (Å²) in [5.74, 6) is -11.1. The van der Waals surface area contributed by atoms with Crippen molar-refractivity contribution in [3.05, 3.63) is 28.8 Å². The van der Waals surface area contributed by atoms with Gasteiger partial charge in [0.15, 0.2) is 34.7 Å². The molecule has 8 N–H and O–H groups in total. The molecule has 0 bridgehead atoms. The van der Waals surface area contributed by atoms with Crippen molar-refractivity contribution in [1.29, 1.82) is 0 Å². The smallest absolute Gasteiger partial charge is 0.326 e. The standard InChI is InChI=1S/C24H29N5O8/c1-8(27-28-23(26)36)10-4-5-13(30)15-11(10)6-9-7-12-17(29(2)3)19(32)16(22(25)35)21(34)24(12,37)20(33)14(9)18(15)31/h4-5,8-9,12,14,16-17,27,30,37H,6-7H2,1-3H3,(H2,25,35)(H3,26,28,36)/t8?,9-,12-,14?,16?,17-,24-/m0/s1. The highest BCUT2D eigenvalue weighted by atomic mass is 16.3. The Morgan fingerprint density at radius 1 is 1.14 bits per heavy atom. The Labute approximate surface area is 211 Å². The first-order valence-corrected chi connectivity index (χ1v) is 11.7. The van der Waals surface area contributed by atoms with Gasteiger partial charge < -0.3 is 21.7 Å². The number of phenolic OH excluding ortho intramolecular Hbond substituents is 1. The highest BCUT2D eigenvalue weighted by Gasteiger charge is 2.69. The van der Waals surface area contributed by atoms with Gasteiger partial charge in [-0.15, -0.1) is 0 Å². The number of carbonyl (C=O) groups is 6. The van der Waals surface area contributed by atoms with Crippen LogP contribution in [0.15, 0.2) is 12.1 Å². The number of carbonyl (C=O) groups excluding carboxylic acids is 6. The third kappa shape index (κ3) is 3.81. The van der Waals surface area contributed by atoms with Gasteiger partial charge in [-0.25, -0.2) is 10.2 Å². The van der Waals surface area contributed by atoms with Crippen LogP contribution in [-0.4, -0.2) is 75.9 Å². The van der Waals surface area contributed by atoms with Gasteiger partial charge in [0.25, 0.3) is 0 Å². The maximum absolute atomic E-state index is 13.8. The fourth-order valence-corrected chi connectivity index (χ4v) is 6.29. The monoisotopic (exact) mass is 515 g/mol. The van der Waals surface area contributed by atoms with E-state index in [-0.39, 0.29) is 24.2 Å². The summed E-state index contributed by atoms with van der Waals surface area (Å²) in [7, 11) is 3.04. The van der Waals surface area contributed by atoms with E-state index in [1.54, 1.807) is 13.0 Å². The Bertz CT molecular complexity index is 1250. The molecular formula is C24H29N5O8. The maximum atomic E-state index is 13.8. The fraction of sp³-hybridized carbons (Fsp3) is 0.500. The molecule has 3 amide bonds. The number of rotatable bonds is 5. The first kappa shape index (κ1) is 26.4. The van der Waals surface area contributed by atoms with Crippen LogP contribution in [0.1, 0.15) is 40.9 Å². The Balaban J connectivity index is 1.82. The van der Waals surface area contributed by atoms with Crippen molar-refractivity contribution in [2.45, 2.75) is 37.5 Å². The van der Waals surface area contributed by atoms with Crippen LogP contribution in [0, 0.1) is 23.7 Å². The van der Waals surface area contributed by atoms with Gasteiger partial charge in [-0.05, 0) is 57.0 Å². The average Bonchev–Trinajstić information content (AvgIpc) is 2.79. The van der Waals surface area contributed by atoms with Crippen LogP contribution in [0.5, 0.6) is 5.75 Å². The number of hydrazine groups is 1. The normalized spacial score (nSPS) is 31.9. The molecule has 13 nitrogen and oxygen atoms in total. The van der Waals surface area contributed by atoms with Crippen molar-refractivity contribution in [3.8, 4) is 5.75 Å². The number of fused-ring (bicyclic) bond motifs is 3. The second-order valence-electron chi connectivity index (χ2n) is 10.2. The zero-order chi connectivity index (χ0) is 27.6. The summed E-state index contributed by atoms with van der Waals surface area (Å²) in [5, 5.41) is 22.1. The van der Waals surface area contributed by atoms with Gasteiger partial charge in [-0.1, -0.05) is 6.07 Å². The van der Waals surface area contributed by atoms with Crippen LogP contribution in [0.4, 0.5) is 4.79 Å². The molecule has 1 aromatic carbocycles. The highest BCUT2D eigenvalue weighted by Crippen LogP contribution is 2.51. The summed E-state index contributed by atoms with van der Waals surface area (Å²) >= 11 is 0. The molecule has 0 spiro atoms. The molecule has 0 aliphatic heterocycles. The quantitative estimate of drug-likeness (QED) is 0.189. The lowest BCUT2D eigenvalue weighted by molar-refractivity contribution is -0.181. The number of Topliss-reactive ketones (excluding diaryl/α,β-unsaturated/α-hetero) is 4. The number of aliphatic hydroxyl groups is 1. The summed E-state index contributed by atoms with van der Waals surface area (Å²) in [6.45, 7) is 1.69. The molecule has 0 radical (unpaired) electrons. The predicted octanol–water partition coefficient (Wildman–Crippen LogP) is -1.90. The maximum Gasteiger partial charge on any atom is 0.326 e. The number of urea groups is 1. The molecule has 4 rings (SSSR count). The number of nitrogens with two attached hydrogens (primary N) is 2. The number of benzene rings is 1. The van der Waals surface area contributed by atoms with Gasteiger partial charge in [-0.3, -0.25) is 34.3 Å². The number of hydrogen-bond acceptors (Lipinski definition) is 10. The molecule has 13 heteroatoms. The molecule has 198 valence electrons. The molecular weight excluding hydrogens is 486 g/mol. The van der Waals surface area contributed by atoms with Crippen LogP contribution in [0.2, 0.25) is 0 Å². The van der Waals surface area contributed by atoms with E-state index in [1.807, 2.05) is 0 Å². The second kappa shape index (κ2) is 9.01. The first-order chi connectivity index (χ1) is 17.2. The minimum atomic E-state index is -2.77. The van der Waals surface area contributed by atoms with Crippen LogP contribution in [-0.2, 0) is 25.6 Å². The lowest BCUT2D eigenvalue weighted by Crippen LogP contribution is -2.74. The van der Waals surface area contributed by atoms with Crippen LogP contribution in [0.25, 0.3) is 0 Å². The van der Waals surface area contributed by atoms with Crippen molar-refractivity contribution >= 4 is 35.1 Å². The van der Waals surface area contributed by atoms with E-state index < -0.39 is 76.4 Å². The fourth-order valence-electron chi connectivity index (χ4n) is 6.29. The van der Waals surface area contributed by atoms with Gasteiger partial charge >= 0.3 is 6.03 Å². The molecule has 0 saturated heterocycles. The lowest BCUT2D eigenvalue weighted by Gasteiger charge is -2.52. The minimum absolute atomic E-state index is 0.0552. The Morgan fingerprint density at radius 3 is 2.35 bits per heavy atom. The molecule has 2 saturated carbocycles. The number of nitrogens with zero attached hydrogens (tertiary/aromatic N) is 1. The topological polar surface area (TPSA) is 222 Å². The highest BCUT2D eigenvalue weighted by molar-refractivity contribution is 6.32. The molecule has 1 aromatic rings. The zero-order valence-electron chi connectivity index (χ0n) is 20.5. The molecule has 3 aliphatic carbocycles. The molecule has 3 aliphatic rings. The minimum Gasteiger partial charge on any atom is -0.507 e. The van der Waals surface area contributed by atoms with E-state index in [4.69, 9.17) is 11.5 Å². The van der Waals surface area contributed by atoms with Gasteiger partial charge in [0.2, 0.25) is 5.91 Å². The number of hydrogen-bond donors (Lipinski definition) is 6. The predicted molar refractivity (Wildman–Crippen MR) is 126 cm³/mol. The van der Waals surface area contributed by atoms with E-state index in [0.29, 0.717) is 11.1 Å². The number of amides is 3. The number of likely N-dealkylation sites (N-methyl/N-ethyl adjacent to an activating group) is 1. The number of aromatic hydroxyl groups is 1. The molecule has 7 atom stereocenters. The number of primary amides is 2. The lowest BCUT2D eigenvalue weighted by atomic mass is 9.52. The van der Waals surface area contributed by atoms with E-state index in [0.717, 1.165) is 0 Å². The molecule has 37 heavy (non-hydrogen) atoms. The largest absolute Gasteiger partial charge is 0.507 e. The number of nitrogens with one attached hydrogen (secondary N) is 2. The van der Waals surface area contributed by atoms with Crippen LogP contribution >= 0.6 is 0 Å². The average molecular weight is 516 g/mol. The van der Waals surface area contributed by atoms with Crippen LogP contribution in [0.3, 0.4) is 0 Å². The van der Waals surface area contributed by atoms with Crippen molar-refractivity contribution in [2.24, 2.45) is 35.1 Å². The van der Waals surface area contributed by atoms with Crippen molar-refractivity contribution in [2.75, 3.05) is 14.1 Å². The van der Waals surface area contributed by atoms with E-state index in [9.17, 15) is 39.0 Å². The van der Waals surface area contributed by atoms with E-state index >= 15 is 0 Å². The van der Waals surface area contributed by atoms with Crippen LogP contribution < -0.4 is 22.3 Å². The molecule has 0 heterocycles. The summed E-state index contributed by atoms with van der Waals surface area (Å²) in [6.07, 6.45) is 0.0541. The third-order valence-corrected chi connectivity index (χ3v) is 7.86. The Morgan fingerprint density at radius 2 is 1.78 bits per heavy atom. The molecule has 0 aromatic heterocycles. The van der Waals surface area contributed by atoms with Crippen molar-refractivity contribution in [1.82, 2.24) is 15.8 Å². The first-order valence-electron chi connectivity index (χ1n) is 11.7. The third-order valence-electron chi connectivity index (χ3n) is 7.86. The summed E-state index contributed by atoms with van der Waals surface area (Å²) in [6, 6.07) is 0.284. The zero-order valence-corrected chi connectivity index (χ0v) is 20.5. The van der Waals surface area contributed by atoms with Gasteiger partial charge in [0, 0.05) is 12.0 Å². The van der Waals surface area contributed by atoms with Gasteiger partial charge in [-0.2, -0.15) is 0 Å². The van der Waals surface area contributed by atoms with Gasteiger partial charge in [0.1, 0.15) is 5.75 Å². The Hall–Kier alpha value is -3.68. The molecule has 3 unspecified atom stereocenters. The summed E-state index contributed by atoms with van der Waals surface area (Å²) in [4.78, 5) is 78.4. The Kier molecular flexibility index (Phi) is 6.42. The SMILES string of the molecule is CC(NNC(N)=O)c1ccc(O)c2c1C[C@H]1C[C@H]3[C@H](N(C)C)C(=O)C(C(N)=O)C(=O)[C@@]3(O)C(=O)C1C2=O. The summed E-state index contributed by atoms with van der Waals surface area (Å²) < 4.78 is 0. The van der Waals surface area contributed by atoms with Gasteiger partial charge in [0.05, 0.1) is 17.5 Å². The molecule has 2 fully saturated rings. The summed E-state index contributed by atoms with van der Waals surface area (Å²) in [5.41, 5.74) is 13.5.